The number of imide groups is 1. The number of carbonyl (C=O) groups is 3. The average molecular weight is 495 g/mol. The second kappa shape index (κ2) is 8.81. The number of nitrogens with two attached hydrogens (primary N) is 1. The number of ether oxygens (including phenoxy) is 1. The quantitative estimate of drug-likeness (QED) is 0.440. The van der Waals surface area contributed by atoms with Crippen molar-refractivity contribution in [3.05, 3.63) is 101 Å². The molecular weight excluding hydrogens is 468 g/mol. The molecule has 1 atom stereocenters. The first-order chi connectivity index (χ1) is 17.9. The first-order valence-corrected chi connectivity index (χ1v) is 12.2. The SMILES string of the molecule is CN1C(=O)C2CN(Cc3c2c2cc(OCc4ccccc4)ccc2n3Cc2ccc(C(N)=O)cc2)C1=O. The lowest BCUT2D eigenvalue weighted by Crippen LogP contribution is -2.56. The van der Waals surface area contributed by atoms with Crippen LogP contribution in [-0.2, 0) is 24.5 Å². The van der Waals surface area contributed by atoms with Gasteiger partial charge < -0.3 is 19.9 Å². The average Bonchev–Trinajstić information content (AvgIpc) is 3.22. The fraction of sp³-hybridized carbons (Fsp3) is 0.207. The summed E-state index contributed by atoms with van der Waals surface area (Å²) < 4.78 is 8.27. The largest absolute Gasteiger partial charge is 0.489 e. The van der Waals surface area contributed by atoms with Crippen molar-refractivity contribution >= 4 is 28.7 Å². The van der Waals surface area contributed by atoms with E-state index in [0.29, 0.717) is 31.8 Å². The Morgan fingerprint density at radius 2 is 1.76 bits per heavy atom. The van der Waals surface area contributed by atoms with Gasteiger partial charge in [-0.25, -0.2) is 4.79 Å². The molecule has 37 heavy (non-hydrogen) atoms. The maximum Gasteiger partial charge on any atom is 0.326 e. The van der Waals surface area contributed by atoms with Crippen molar-refractivity contribution < 1.29 is 19.1 Å². The van der Waals surface area contributed by atoms with Crippen molar-refractivity contribution in [2.24, 2.45) is 5.73 Å². The number of fused-ring (bicyclic) bond motifs is 6. The van der Waals surface area contributed by atoms with Gasteiger partial charge >= 0.3 is 6.03 Å². The van der Waals surface area contributed by atoms with Crippen molar-refractivity contribution in [2.45, 2.75) is 25.6 Å². The van der Waals surface area contributed by atoms with Crippen LogP contribution >= 0.6 is 0 Å². The number of carbonyl (C=O) groups excluding carboxylic acids is 3. The Hall–Kier alpha value is -4.59. The molecule has 4 aromatic rings. The first kappa shape index (κ1) is 22.8. The van der Waals surface area contributed by atoms with Crippen LogP contribution < -0.4 is 10.5 Å². The minimum absolute atomic E-state index is 0.192. The van der Waals surface area contributed by atoms with Gasteiger partial charge in [-0.1, -0.05) is 42.5 Å². The summed E-state index contributed by atoms with van der Waals surface area (Å²) >= 11 is 0. The van der Waals surface area contributed by atoms with Crippen molar-refractivity contribution in [3.8, 4) is 5.75 Å². The third-order valence-electron chi connectivity index (χ3n) is 7.29. The molecule has 4 amide bonds. The van der Waals surface area contributed by atoms with Crippen LogP contribution in [0.4, 0.5) is 4.79 Å². The number of rotatable bonds is 6. The highest BCUT2D eigenvalue weighted by Crippen LogP contribution is 2.41. The van der Waals surface area contributed by atoms with E-state index in [9.17, 15) is 14.4 Å². The zero-order valence-electron chi connectivity index (χ0n) is 20.4. The van der Waals surface area contributed by atoms with Gasteiger partial charge in [0.15, 0.2) is 0 Å². The summed E-state index contributed by atoms with van der Waals surface area (Å²) in [4.78, 5) is 40.4. The van der Waals surface area contributed by atoms with Gasteiger partial charge in [0.2, 0.25) is 11.8 Å². The lowest BCUT2D eigenvalue weighted by molar-refractivity contribution is -0.132. The van der Waals surface area contributed by atoms with Crippen LogP contribution in [0, 0.1) is 0 Å². The number of amides is 4. The van der Waals surface area contributed by atoms with E-state index in [1.807, 2.05) is 60.7 Å². The Kier molecular flexibility index (Phi) is 5.44. The van der Waals surface area contributed by atoms with Crippen LogP contribution in [0.1, 0.15) is 38.7 Å². The molecule has 1 aromatic heterocycles. The van der Waals surface area contributed by atoms with Gasteiger partial charge in [0.25, 0.3) is 0 Å². The summed E-state index contributed by atoms with van der Waals surface area (Å²) in [6.45, 7) is 1.75. The van der Waals surface area contributed by atoms with Gasteiger partial charge in [-0.05, 0) is 47.0 Å². The summed E-state index contributed by atoms with van der Waals surface area (Å²) in [5.74, 6) is -0.378. The minimum atomic E-state index is -0.472. The number of nitrogens with zero attached hydrogens (tertiary/aromatic N) is 3. The van der Waals surface area contributed by atoms with Crippen LogP contribution in [0.3, 0.4) is 0 Å². The molecule has 0 saturated carbocycles. The van der Waals surface area contributed by atoms with Crippen molar-refractivity contribution in [1.29, 1.82) is 0 Å². The monoisotopic (exact) mass is 494 g/mol. The van der Waals surface area contributed by atoms with Gasteiger partial charge in [0.05, 0.1) is 12.5 Å². The van der Waals surface area contributed by atoms with Gasteiger partial charge in [-0.15, -0.1) is 0 Å². The van der Waals surface area contributed by atoms with Crippen LogP contribution in [0.5, 0.6) is 5.75 Å². The van der Waals surface area contributed by atoms with Crippen molar-refractivity contribution in [1.82, 2.24) is 14.4 Å². The number of hydrogen-bond acceptors (Lipinski definition) is 4. The fourth-order valence-corrected chi connectivity index (χ4v) is 5.38. The lowest BCUT2D eigenvalue weighted by atomic mass is 9.89. The van der Waals surface area contributed by atoms with Crippen LogP contribution in [0.25, 0.3) is 10.9 Å². The topological polar surface area (TPSA) is 97.9 Å². The highest BCUT2D eigenvalue weighted by atomic mass is 16.5. The molecule has 186 valence electrons. The molecule has 0 aliphatic carbocycles. The van der Waals surface area contributed by atoms with Gasteiger partial charge in [0.1, 0.15) is 12.4 Å². The molecule has 0 radical (unpaired) electrons. The van der Waals surface area contributed by atoms with E-state index in [1.165, 1.54) is 4.90 Å². The Bertz CT molecular complexity index is 1540. The summed E-state index contributed by atoms with van der Waals surface area (Å²) in [6.07, 6.45) is 0. The molecule has 2 aliphatic rings. The smallest absolute Gasteiger partial charge is 0.326 e. The number of hydrogen-bond donors (Lipinski definition) is 1. The molecule has 8 heteroatoms. The first-order valence-electron chi connectivity index (χ1n) is 12.2. The molecule has 2 bridgehead atoms. The number of likely N-dealkylation sites (N-methyl/N-ethyl adjacent to an activating group) is 1. The second-order valence-corrected chi connectivity index (χ2v) is 9.57. The molecule has 2 N–H and O–H groups in total. The molecule has 1 fully saturated rings. The molecule has 3 aromatic carbocycles. The fourth-order valence-electron chi connectivity index (χ4n) is 5.38. The Morgan fingerprint density at radius 1 is 1.00 bits per heavy atom. The third kappa shape index (κ3) is 3.91. The second-order valence-electron chi connectivity index (χ2n) is 9.57. The Balaban J connectivity index is 1.44. The third-order valence-corrected chi connectivity index (χ3v) is 7.29. The van der Waals surface area contributed by atoms with Gasteiger partial charge in [-0.3, -0.25) is 14.5 Å². The van der Waals surface area contributed by atoms with Crippen LogP contribution in [0.2, 0.25) is 0 Å². The maximum absolute atomic E-state index is 13.2. The number of aromatic nitrogens is 1. The highest BCUT2D eigenvalue weighted by Gasteiger charge is 2.44. The normalized spacial score (nSPS) is 16.7. The molecule has 8 nitrogen and oxygen atoms in total. The molecule has 6 rings (SSSR count). The van der Waals surface area contributed by atoms with Crippen molar-refractivity contribution in [3.63, 3.8) is 0 Å². The molecule has 3 heterocycles. The Morgan fingerprint density at radius 3 is 2.49 bits per heavy atom. The standard InChI is InChI=1S/C29H26N4O4/c1-31-28(35)23-15-32(29(31)36)16-25-26(23)22-13-21(37-17-19-5-3-2-4-6-19)11-12-24(22)33(25)14-18-7-9-20(10-8-18)27(30)34/h2-13,23H,14-17H2,1H3,(H2,30,34). The molecule has 2 aliphatic heterocycles. The molecule has 1 unspecified atom stereocenters. The van der Waals surface area contributed by atoms with E-state index in [1.54, 1.807) is 24.1 Å². The van der Waals surface area contributed by atoms with Crippen molar-refractivity contribution in [2.75, 3.05) is 13.6 Å². The number of benzene rings is 3. The zero-order valence-corrected chi connectivity index (χ0v) is 20.4. The van der Waals surface area contributed by atoms with E-state index in [4.69, 9.17) is 10.5 Å². The van der Waals surface area contributed by atoms with E-state index in [-0.39, 0.29) is 11.9 Å². The molecular formula is C29H26N4O4. The van der Waals surface area contributed by atoms with E-state index >= 15 is 0 Å². The summed E-state index contributed by atoms with van der Waals surface area (Å²) in [5, 5.41) is 0.954. The molecule has 0 spiro atoms. The van der Waals surface area contributed by atoms with Crippen LogP contribution in [0.15, 0.2) is 72.8 Å². The van der Waals surface area contributed by atoms with Gasteiger partial charge in [-0.2, -0.15) is 0 Å². The number of urea groups is 1. The maximum atomic E-state index is 13.2. The summed E-state index contributed by atoms with van der Waals surface area (Å²) in [5.41, 5.74) is 10.8. The molecule has 1 saturated heterocycles. The number of primary amides is 1. The van der Waals surface area contributed by atoms with Gasteiger partial charge in [0, 0.05) is 42.3 Å². The minimum Gasteiger partial charge on any atom is -0.489 e. The predicted octanol–water partition coefficient (Wildman–Crippen LogP) is 3.86. The van der Waals surface area contributed by atoms with E-state index < -0.39 is 11.8 Å². The predicted molar refractivity (Wildman–Crippen MR) is 138 cm³/mol. The van der Waals surface area contributed by atoms with Crippen LogP contribution in [-0.4, -0.2) is 45.8 Å². The summed E-state index contributed by atoms with van der Waals surface area (Å²) in [7, 11) is 1.54. The lowest BCUT2D eigenvalue weighted by Gasteiger charge is -2.41. The van der Waals surface area contributed by atoms with E-state index in [2.05, 4.69) is 4.57 Å². The summed E-state index contributed by atoms with van der Waals surface area (Å²) in [6, 6.07) is 22.8. The van der Waals surface area contributed by atoms with E-state index in [0.717, 1.165) is 39.0 Å². The highest BCUT2D eigenvalue weighted by molar-refractivity contribution is 6.04. The Labute approximate surface area is 213 Å². The zero-order chi connectivity index (χ0) is 25.7.